The molecule has 0 aliphatic carbocycles. The maximum absolute atomic E-state index is 12.7. The molecule has 0 saturated carbocycles. The molecule has 2 aliphatic rings. The topological polar surface area (TPSA) is 68.5 Å². The number of aromatic nitrogens is 1. The van der Waals surface area contributed by atoms with E-state index in [1.807, 2.05) is 11.8 Å². The van der Waals surface area contributed by atoms with Gasteiger partial charge in [0.05, 0.1) is 11.0 Å². The van der Waals surface area contributed by atoms with Crippen molar-refractivity contribution in [2.45, 2.75) is 44.6 Å². The first-order valence-corrected chi connectivity index (χ1v) is 9.07. The van der Waals surface area contributed by atoms with Gasteiger partial charge in [0.2, 0.25) is 5.91 Å². The molecule has 3 rings (SSSR count). The molecule has 1 aromatic heterocycles. The molecule has 0 spiro atoms. The fourth-order valence-corrected chi connectivity index (χ4v) is 4.35. The minimum absolute atomic E-state index is 0.116. The second-order valence-corrected chi connectivity index (χ2v) is 7.32. The van der Waals surface area contributed by atoms with Gasteiger partial charge in [0, 0.05) is 43.3 Å². The summed E-state index contributed by atoms with van der Waals surface area (Å²) in [7, 11) is 0. The van der Waals surface area contributed by atoms with E-state index in [0.717, 1.165) is 62.7 Å². The van der Waals surface area contributed by atoms with Gasteiger partial charge < -0.3 is 15.4 Å². The van der Waals surface area contributed by atoms with E-state index >= 15 is 0 Å². The van der Waals surface area contributed by atoms with Crippen LogP contribution in [0.1, 0.15) is 42.3 Å². The van der Waals surface area contributed by atoms with E-state index in [2.05, 4.69) is 10.4 Å². The van der Waals surface area contributed by atoms with Crippen molar-refractivity contribution in [2.24, 2.45) is 11.7 Å². The molecule has 0 bridgehead atoms. The molecular formula is C16H25N3O2S. The smallest absolute Gasteiger partial charge is 0.239 e. The Balaban J connectivity index is 1.62. The Morgan fingerprint density at radius 1 is 1.45 bits per heavy atom. The SMILES string of the molecule is Cc1csc(C2CCCN(C(=O)C(N)C3CCOCC3)C2)n1. The van der Waals surface area contributed by atoms with Crippen LogP contribution < -0.4 is 5.73 Å². The number of piperidine rings is 1. The highest BCUT2D eigenvalue weighted by molar-refractivity contribution is 7.09. The summed E-state index contributed by atoms with van der Waals surface area (Å²) in [6.07, 6.45) is 3.95. The van der Waals surface area contributed by atoms with Crippen LogP contribution in [0.25, 0.3) is 0 Å². The van der Waals surface area contributed by atoms with Gasteiger partial charge in [-0.3, -0.25) is 4.79 Å². The number of aryl methyl sites for hydroxylation is 1. The van der Waals surface area contributed by atoms with Gasteiger partial charge in [0.15, 0.2) is 0 Å². The molecule has 0 aromatic carbocycles. The van der Waals surface area contributed by atoms with Crippen molar-refractivity contribution in [1.82, 2.24) is 9.88 Å². The lowest BCUT2D eigenvalue weighted by Crippen LogP contribution is -2.51. The van der Waals surface area contributed by atoms with Crippen LogP contribution >= 0.6 is 11.3 Å². The Morgan fingerprint density at radius 3 is 2.91 bits per heavy atom. The van der Waals surface area contributed by atoms with Gasteiger partial charge in [-0.05, 0) is 38.5 Å². The molecule has 3 heterocycles. The first kappa shape index (κ1) is 15.9. The zero-order valence-electron chi connectivity index (χ0n) is 13.2. The summed E-state index contributed by atoms with van der Waals surface area (Å²) in [6.45, 7) is 5.07. The van der Waals surface area contributed by atoms with Crippen LogP contribution in [0, 0.1) is 12.8 Å². The number of nitrogens with two attached hydrogens (primary N) is 1. The average molecular weight is 323 g/mol. The number of ether oxygens (including phenoxy) is 1. The Kier molecular flexibility index (Phi) is 5.10. The van der Waals surface area contributed by atoms with E-state index in [1.54, 1.807) is 11.3 Å². The van der Waals surface area contributed by atoms with E-state index in [0.29, 0.717) is 5.92 Å². The molecule has 1 amide bonds. The zero-order valence-corrected chi connectivity index (χ0v) is 14.0. The third-order valence-corrected chi connectivity index (χ3v) is 5.90. The summed E-state index contributed by atoms with van der Waals surface area (Å²) < 4.78 is 5.36. The number of rotatable bonds is 3. The fraction of sp³-hybridized carbons (Fsp3) is 0.750. The number of carbonyl (C=O) groups excluding carboxylic acids is 1. The van der Waals surface area contributed by atoms with Crippen molar-refractivity contribution in [1.29, 1.82) is 0 Å². The highest BCUT2D eigenvalue weighted by Crippen LogP contribution is 2.30. The third-order valence-electron chi connectivity index (χ3n) is 4.78. The third kappa shape index (κ3) is 3.50. The molecule has 0 radical (unpaired) electrons. The summed E-state index contributed by atoms with van der Waals surface area (Å²) >= 11 is 1.71. The molecule has 5 nitrogen and oxygen atoms in total. The van der Waals surface area contributed by atoms with Crippen LogP contribution in [0.15, 0.2) is 5.38 Å². The average Bonchev–Trinajstić information content (AvgIpc) is 3.01. The maximum atomic E-state index is 12.7. The quantitative estimate of drug-likeness (QED) is 0.922. The minimum atomic E-state index is -0.374. The second kappa shape index (κ2) is 7.06. The summed E-state index contributed by atoms with van der Waals surface area (Å²) in [5.74, 6) is 0.756. The zero-order chi connectivity index (χ0) is 15.5. The van der Waals surface area contributed by atoms with Crippen molar-refractivity contribution >= 4 is 17.2 Å². The number of likely N-dealkylation sites (tertiary alicyclic amines) is 1. The van der Waals surface area contributed by atoms with Gasteiger partial charge in [-0.25, -0.2) is 4.98 Å². The molecule has 2 fully saturated rings. The second-order valence-electron chi connectivity index (χ2n) is 6.43. The first-order chi connectivity index (χ1) is 10.6. The Labute approximate surface area is 135 Å². The van der Waals surface area contributed by atoms with Crippen LogP contribution in [-0.2, 0) is 9.53 Å². The molecule has 122 valence electrons. The fourth-order valence-electron chi connectivity index (χ4n) is 3.43. The lowest BCUT2D eigenvalue weighted by molar-refractivity contribution is -0.136. The van der Waals surface area contributed by atoms with E-state index in [4.69, 9.17) is 10.5 Å². The number of thiazole rings is 1. The van der Waals surface area contributed by atoms with Gasteiger partial charge in [-0.1, -0.05) is 0 Å². The minimum Gasteiger partial charge on any atom is -0.381 e. The number of amides is 1. The van der Waals surface area contributed by atoms with Crippen molar-refractivity contribution < 1.29 is 9.53 Å². The predicted octanol–water partition coefficient (Wildman–Crippen LogP) is 1.91. The molecular weight excluding hydrogens is 298 g/mol. The summed E-state index contributed by atoms with van der Waals surface area (Å²) in [5.41, 5.74) is 7.32. The van der Waals surface area contributed by atoms with Gasteiger partial charge in [0.1, 0.15) is 0 Å². The Morgan fingerprint density at radius 2 is 2.23 bits per heavy atom. The molecule has 2 N–H and O–H groups in total. The number of nitrogens with zero attached hydrogens (tertiary/aromatic N) is 2. The van der Waals surface area contributed by atoms with E-state index < -0.39 is 0 Å². The van der Waals surface area contributed by atoms with Crippen LogP contribution in [0.2, 0.25) is 0 Å². The summed E-state index contributed by atoms with van der Waals surface area (Å²) in [5, 5.41) is 3.25. The number of hydrogen-bond acceptors (Lipinski definition) is 5. The normalized spacial score (nSPS) is 25.2. The largest absolute Gasteiger partial charge is 0.381 e. The molecule has 2 saturated heterocycles. The van der Waals surface area contributed by atoms with Crippen LogP contribution in [0.3, 0.4) is 0 Å². The highest BCUT2D eigenvalue weighted by Gasteiger charge is 2.33. The standard InChI is InChI=1S/C16H25N3O2S/c1-11-10-22-15(18-11)13-3-2-6-19(9-13)16(20)14(17)12-4-7-21-8-5-12/h10,12-14H,2-9,17H2,1H3. The van der Waals surface area contributed by atoms with Crippen molar-refractivity contribution in [3.05, 3.63) is 16.1 Å². The maximum Gasteiger partial charge on any atom is 0.239 e. The van der Waals surface area contributed by atoms with E-state index in [-0.39, 0.29) is 17.9 Å². The molecule has 22 heavy (non-hydrogen) atoms. The lowest BCUT2D eigenvalue weighted by Gasteiger charge is -2.36. The molecule has 6 heteroatoms. The van der Waals surface area contributed by atoms with Gasteiger partial charge in [-0.2, -0.15) is 0 Å². The van der Waals surface area contributed by atoms with Crippen molar-refractivity contribution in [3.8, 4) is 0 Å². The molecule has 2 unspecified atom stereocenters. The first-order valence-electron chi connectivity index (χ1n) is 8.19. The van der Waals surface area contributed by atoms with E-state index in [1.165, 1.54) is 0 Å². The summed E-state index contributed by atoms with van der Waals surface area (Å²) in [4.78, 5) is 19.3. The van der Waals surface area contributed by atoms with Crippen molar-refractivity contribution in [2.75, 3.05) is 26.3 Å². The Bertz CT molecular complexity index is 513. The van der Waals surface area contributed by atoms with Crippen LogP contribution in [0.4, 0.5) is 0 Å². The Hall–Kier alpha value is -0.980. The predicted molar refractivity (Wildman–Crippen MR) is 86.9 cm³/mol. The van der Waals surface area contributed by atoms with Gasteiger partial charge in [-0.15, -0.1) is 11.3 Å². The van der Waals surface area contributed by atoms with Crippen LogP contribution in [-0.4, -0.2) is 48.1 Å². The van der Waals surface area contributed by atoms with E-state index in [9.17, 15) is 4.79 Å². The summed E-state index contributed by atoms with van der Waals surface area (Å²) in [6, 6.07) is -0.374. The monoisotopic (exact) mass is 323 g/mol. The lowest BCUT2D eigenvalue weighted by atomic mass is 9.90. The van der Waals surface area contributed by atoms with Gasteiger partial charge >= 0.3 is 0 Å². The molecule has 1 aromatic rings. The molecule has 2 aliphatic heterocycles. The van der Waals surface area contributed by atoms with Gasteiger partial charge in [0.25, 0.3) is 0 Å². The van der Waals surface area contributed by atoms with Crippen molar-refractivity contribution in [3.63, 3.8) is 0 Å². The number of hydrogen-bond donors (Lipinski definition) is 1. The van der Waals surface area contributed by atoms with Crippen LogP contribution in [0.5, 0.6) is 0 Å². The highest BCUT2D eigenvalue weighted by atomic mass is 32.1. The number of carbonyl (C=O) groups is 1. The molecule has 2 atom stereocenters.